The molecule has 0 saturated carbocycles. The lowest BCUT2D eigenvalue weighted by molar-refractivity contribution is 0.101. The molecular weight excluding hydrogens is 266 g/mol. The molecule has 0 saturated heterocycles. The van der Waals surface area contributed by atoms with Crippen LogP contribution in [0.5, 0.6) is 11.5 Å². The number of aromatic amines is 1. The maximum absolute atomic E-state index is 11.3. The number of nitrogens with one attached hydrogen (secondary N) is 1. The van der Waals surface area contributed by atoms with E-state index >= 15 is 0 Å². The van der Waals surface area contributed by atoms with Crippen molar-refractivity contribution in [2.75, 3.05) is 0 Å². The van der Waals surface area contributed by atoms with Crippen LogP contribution in [0.15, 0.2) is 54.9 Å². The summed E-state index contributed by atoms with van der Waals surface area (Å²) in [6.07, 6.45) is 3.30. The minimum Gasteiger partial charge on any atom is -0.455 e. The van der Waals surface area contributed by atoms with Gasteiger partial charge < -0.3 is 4.74 Å². The fourth-order valence-electron chi connectivity index (χ4n) is 1.94. The van der Waals surface area contributed by atoms with Gasteiger partial charge in [-0.1, -0.05) is 18.2 Å². The predicted octanol–water partition coefficient (Wildman–Crippen LogP) is 3.47. The molecule has 5 nitrogen and oxygen atoms in total. The summed E-state index contributed by atoms with van der Waals surface area (Å²) in [6, 6.07) is 13.0. The highest BCUT2D eigenvalue weighted by Crippen LogP contribution is 2.31. The lowest BCUT2D eigenvalue weighted by Crippen LogP contribution is -1.90. The van der Waals surface area contributed by atoms with E-state index in [-0.39, 0.29) is 5.78 Å². The molecule has 1 N–H and O–H groups in total. The van der Waals surface area contributed by atoms with Gasteiger partial charge in [-0.3, -0.25) is 14.9 Å². The number of ether oxygens (including phenoxy) is 1. The van der Waals surface area contributed by atoms with Gasteiger partial charge in [0.15, 0.2) is 11.5 Å². The second-order valence-corrected chi connectivity index (χ2v) is 4.51. The number of pyridine rings is 1. The molecule has 0 aliphatic rings. The largest absolute Gasteiger partial charge is 0.455 e. The van der Waals surface area contributed by atoms with E-state index in [9.17, 15) is 4.79 Å². The van der Waals surface area contributed by atoms with Crippen molar-refractivity contribution in [3.05, 3.63) is 60.6 Å². The first-order valence-corrected chi connectivity index (χ1v) is 6.47. The summed E-state index contributed by atoms with van der Waals surface area (Å²) in [5, 5.41) is 6.84. The number of hydrogen-bond donors (Lipinski definition) is 1. The normalized spacial score (nSPS) is 10.3. The molecular formula is C16H13N3O2. The van der Waals surface area contributed by atoms with Gasteiger partial charge in [0.05, 0.1) is 11.9 Å². The van der Waals surface area contributed by atoms with Crippen LogP contribution in [0.3, 0.4) is 0 Å². The number of benzene rings is 1. The predicted molar refractivity (Wildman–Crippen MR) is 78.3 cm³/mol. The molecule has 1 aromatic carbocycles. The molecule has 0 aliphatic heterocycles. The summed E-state index contributed by atoms with van der Waals surface area (Å²) in [4.78, 5) is 15.4. The molecule has 0 fully saturated rings. The number of nitrogens with zero attached hydrogens (tertiary/aromatic N) is 2. The van der Waals surface area contributed by atoms with E-state index < -0.39 is 0 Å². The SMILES string of the molecule is CC(=O)c1cc(-c2ccncc2Oc2ccccc2)[nH]n1. The van der Waals surface area contributed by atoms with Crippen LogP contribution >= 0.6 is 0 Å². The molecule has 104 valence electrons. The summed E-state index contributed by atoms with van der Waals surface area (Å²) >= 11 is 0. The standard InChI is InChI=1S/C16H13N3O2/c1-11(20)14-9-15(19-18-14)13-7-8-17-10-16(13)21-12-5-3-2-4-6-12/h2-10H,1H3,(H,18,19). The van der Waals surface area contributed by atoms with Gasteiger partial charge in [-0.05, 0) is 24.3 Å². The van der Waals surface area contributed by atoms with Crippen molar-refractivity contribution in [2.45, 2.75) is 6.92 Å². The number of hydrogen-bond acceptors (Lipinski definition) is 4. The Balaban J connectivity index is 1.97. The number of Topliss-reactive ketones (excluding diaryl/α,β-unsaturated/α-hetero) is 1. The monoisotopic (exact) mass is 279 g/mol. The summed E-state index contributed by atoms with van der Waals surface area (Å²) in [6.45, 7) is 1.48. The Kier molecular flexibility index (Phi) is 3.47. The van der Waals surface area contributed by atoms with Crippen LogP contribution in [-0.2, 0) is 0 Å². The number of carbonyl (C=O) groups is 1. The summed E-state index contributed by atoms with van der Waals surface area (Å²) in [5.41, 5.74) is 1.91. The minimum atomic E-state index is -0.0860. The molecule has 0 bridgehead atoms. The van der Waals surface area contributed by atoms with Crippen LogP contribution in [-0.4, -0.2) is 21.0 Å². The molecule has 0 unspecified atom stereocenters. The molecule has 0 aliphatic carbocycles. The lowest BCUT2D eigenvalue weighted by atomic mass is 10.1. The Morgan fingerprint density at radius 2 is 2.00 bits per heavy atom. The maximum Gasteiger partial charge on any atom is 0.179 e. The fraction of sp³-hybridized carbons (Fsp3) is 0.0625. The number of para-hydroxylation sites is 1. The van der Waals surface area contributed by atoms with Crippen molar-refractivity contribution in [1.82, 2.24) is 15.2 Å². The van der Waals surface area contributed by atoms with Crippen molar-refractivity contribution < 1.29 is 9.53 Å². The number of carbonyl (C=O) groups excluding carboxylic acids is 1. The maximum atomic E-state index is 11.3. The number of rotatable bonds is 4. The topological polar surface area (TPSA) is 67.9 Å². The summed E-state index contributed by atoms with van der Waals surface area (Å²) in [7, 11) is 0. The Morgan fingerprint density at radius 1 is 1.19 bits per heavy atom. The average molecular weight is 279 g/mol. The molecule has 0 amide bonds. The Bertz CT molecular complexity index is 766. The quantitative estimate of drug-likeness (QED) is 0.742. The third kappa shape index (κ3) is 2.81. The highest BCUT2D eigenvalue weighted by atomic mass is 16.5. The van der Waals surface area contributed by atoms with Crippen LogP contribution in [0.1, 0.15) is 17.4 Å². The van der Waals surface area contributed by atoms with Gasteiger partial charge in [-0.25, -0.2) is 0 Å². The average Bonchev–Trinajstić information content (AvgIpc) is 2.99. The minimum absolute atomic E-state index is 0.0860. The zero-order valence-corrected chi connectivity index (χ0v) is 11.4. The number of ketones is 1. The Hall–Kier alpha value is -2.95. The van der Waals surface area contributed by atoms with Gasteiger partial charge in [0.2, 0.25) is 0 Å². The van der Waals surface area contributed by atoms with Crippen molar-refractivity contribution in [3.8, 4) is 22.8 Å². The number of aromatic nitrogens is 3. The molecule has 5 heteroatoms. The molecule has 2 aromatic heterocycles. The zero-order chi connectivity index (χ0) is 14.7. The van der Waals surface area contributed by atoms with Gasteiger partial charge in [-0.15, -0.1) is 0 Å². The summed E-state index contributed by atoms with van der Waals surface area (Å²) in [5.74, 6) is 1.23. The summed E-state index contributed by atoms with van der Waals surface area (Å²) < 4.78 is 5.84. The molecule has 2 heterocycles. The Morgan fingerprint density at radius 3 is 2.71 bits per heavy atom. The molecule has 3 aromatic rings. The highest BCUT2D eigenvalue weighted by Gasteiger charge is 2.12. The van der Waals surface area contributed by atoms with Crippen molar-refractivity contribution in [1.29, 1.82) is 0 Å². The van der Waals surface area contributed by atoms with E-state index in [1.807, 2.05) is 36.4 Å². The van der Waals surface area contributed by atoms with E-state index in [0.717, 1.165) is 11.3 Å². The van der Waals surface area contributed by atoms with Crippen LogP contribution in [0.4, 0.5) is 0 Å². The molecule has 21 heavy (non-hydrogen) atoms. The first kappa shape index (κ1) is 13.1. The Labute approximate surface area is 121 Å². The van der Waals surface area contributed by atoms with Crippen LogP contribution in [0.2, 0.25) is 0 Å². The fourth-order valence-corrected chi connectivity index (χ4v) is 1.94. The van der Waals surface area contributed by atoms with Gasteiger partial charge >= 0.3 is 0 Å². The van der Waals surface area contributed by atoms with E-state index in [1.54, 1.807) is 18.5 Å². The van der Waals surface area contributed by atoms with E-state index in [1.165, 1.54) is 6.92 Å². The molecule has 3 rings (SSSR count). The third-order valence-corrected chi connectivity index (χ3v) is 2.98. The smallest absolute Gasteiger partial charge is 0.179 e. The second-order valence-electron chi connectivity index (χ2n) is 4.51. The molecule has 0 radical (unpaired) electrons. The van der Waals surface area contributed by atoms with E-state index in [0.29, 0.717) is 17.1 Å². The lowest BCUT2D eigenvalue weighted by Gasteiger charge is -2.08. The molecule has 0 atom stereocenters. The van der Waals surface area contributed by atoms with Gasteiger partial charge in [0.1, 0.15) is 11.4 Å². The van der Waals surface area contributed by atoms with Crippen LogP contribution < -0.4 is 4.74 Å². The van der Waals surface area contributed by atoms with Crippen molar-refractivity contribution in [2.24, 2.45) is 0 Å². The van der Waals surface area contributed by atoms with Crippen molar-refractivity contribution >= 4 is 5.78 Å². The van der Waals surface area contributed by atoms with Crippen molar-refractivity contribution in [3.63, 3.8) is 0 Å². The van der Waals surface area contributed by atoms with Gasteiger partial charge in [0, 0.05) is 18.7 Å². The zero-order valence-electron chi connectivity index (χ0n) is 11.4. The second kappa shape index (κ2) is 5.58. The van der Waals surface area contributed by atoms with Gasteiger partial charge in [-0.2, -0.15) is 5.10 Å². The number of H-pyrrole nitrogens is 1. The molecule has 0 spiro atoms. The van der Waals surface area contributed by atoms with E-state index in [2.05, 4.69) is 15.2 Å². The van der Waals surface area contributed by atoms with E-state index in [4.69, 9.17) is 4.74 Å². The highest BCUT2D eigenvalue weighted by molar-refractivity contribution is 5.93. The van der Waals surface area contributed by atoms with Crippen LogP contribution in [0, 0.1) is 0 Å². The first-order chi connectivity index (χ1) is 10.2. The first-order valence-electron chi connectivity index (χ1n) is 6.47. The van der Waals surface area contributed by atoms with Gasteiger partial charge in [0.25, 0.3) is 0 Å². The third-order valence-electron chi connectivity index (χ3n) is 2.98. The van der Waals surface area contributed by atoms with Crippen LogP contribution in [0.25, 0.3) is 11.3 Å².